The van der Waals surface area contributed by atoms with Gasteiger partial charge in [0, 0.05) is 12.0 Å². The van der Waals surface area contributed by atoms with E-state index in [1.807, 2.05) is 41.8 Å². The summed E-state index contributed by atoms with van der Waals surface area (Å²) in [6.45, 7) is 12.5. The van der Waals surface area contributed by atoms with E-state index < -0.39 is 89.7 Å². The predicted molar refractivity (Wildman–Crippen MR) is 198 cm³/mol. The van der Waals surface area contributed by atoms with Crippen LogP contribution in [0.5, 0.6) is 5.75 Å². The summed E-state index contributed by atoms with van der Waals surface area (Å²) in [5, 5.41) is 0. The second kappa shape index (κ2) is 15.5. The van der Waals surface area contributed by atoms with E-state index in [-0.39, 0.29) is 26.4 Å². The Morgan fingerprint density at radius 2 is 1.26 bits per heavy atom. The Morgan fingerprint density at radius 3 is 1.83 bits per heavy atom. The minimum absolute atomic E-state index is 0.189. The van der Waals surface area contributed by atoms with Crippen LogP contribution in [0.15, 0.2) is 48.8 Å². The topological polar surface area (TPSA) is 141 Å². The van der Waals surface area contributed by atoms with Gasteiger partial charge in [-0.3, -0.25) is 19.2 Å². The Labute approximate surface area is 318 Å². The lowest BCUT2D eigenvalue weighted by molar-refractivity contribution is -0.293. The molecule has 2 aromatic carbocycles. The summed E-state index contributed by atoms with van der Waals surface area (Å²) in [6, 6.07) is 13.3. The van der Waals surface area contributed by atoms with Crippen molar-refractivity contribution in [2.75, 3.05) is 6.61 Å². The first-order valence-electron chi connectivity index (χ1n) is 20.2. The van der Waals surface area contributed by atoms with E-state index in [2.05, 4.69) is 4.98 Å². The Morgan fingerprint density at radius 1 is 0.736 bits per heavy atom. The van der Waals surface area contributed by atoms with E-state index in [0.717, 1.165) is 11.1 Å². The lowest BCUT2D eigenvalue weighted by atomic mass is 9.93. The summed E-state index contributed by atoms with van der Waals surface area (Å²) >= 11 is 0. The van der Waals surface area contributed by atoms with Crippen molar-refractivity contribution in [1.82, 2.24) is 9.55 Å². The van der Waals surface area contributed by atoms with Crippen molar-refractivity contribution >= 4 is 34.9 Å². The molecule has 0 radical (unpaired) electrons. The zero-order chi connectivity index (χ0) is 42.5. The van der Waals surface area contributed by atoms with Crippen LogP contribution >= 0.6 is 0 Å². The fourth-order valence-electron chi connectivity index (χ4n) is 5.01. The average Bonchev–Trinajstić information content (AvgIpc) is 3.59. The van der Waals surface area contributed by atoms with Crippen molar-refractivity contribution in [1.29, 1.82) is 0 Å². The van der Waals surface area contributed by atoms with Crippen LogP contribution in [0, 0.1) is 28.6 Å². The summed E-state index contributed by atoms with van der Waals surface area (Å²) in [4.78, 5) is 59.0. The predicted octanol–water partition coefficient (Wildman–Crippen LogP) is 6.96. The number of ether oxygens (including phenoxy) is 6. The minimum atomic E-state index is -1.68. The van der Waals surface area contributed by atoms with Crippen molar-refractivity contribution in [3.8, 4) is 5.75 Å². The van der Waals surface area contributed by atoms with Crippen LogP contribution in [0.4, 0.5) is 0 Å². The first-order valence-corrected chi connectivity index (χ1v) is 17.4. The number of esters is 4. The van der Waals surface area contributed by atoms with E-state index in [9.17, 15) is 19.2 Å². The number of rotatable bonds is 9. The van der Waals surface area contributed by atoms with E-state index in [4.69, 9.17) is 33.9 Å². The summed E-state index contributed by atoms with van der Waals surface area (Å²) < 4.78 is 70.5. The van der Waals surface area contributed by atoms with Gasteiger partial charge in [-0.25, -0.2) is 4.98 Å². The Bertz CT molecular complexity index is 1900. The van der Waals surface area contributed by atoms with Crippen LogP contribution in [-0.4, -0.2) is 70.7 Å². The molecule has 0 bridgehead atoms. The molecule has 1 saturated heterocycles. The molecule has 4 rings (SSSR count). The van der Waals surface area contributed by atoms with Crippen LogP contribution in [0.25, 0.3) is 11.0 Å². The minimum Gasteiger partial charge on any atom is -0.462 e. The SMILES string of the molecule is [2H]CC(C)(C)C(=O)OC[C@H]1OC(Oc2cccc3c2ncn3Cc2ccc(C)cc2)[C@H](OC(=O)C(C)(C)C[2H])[C@@H](OC(=O)C(C)(C)C[2H])[C@@H]1OC(=O)C(C)(C)C[2H]. The first-order chi connectivity index (χ1) is 26.6. The van der Waals surface area contributed by atoms with E-state index in [1.54, 1.807) is 18.5 Å². The fourth-order valence-corrected chi connectivity index (χ4v) is 5.01. The number of aromatic nitrogens is 2. The van der Waals surface area contributed by atoms with Gasteiger partial charge in [0.2, 0.25) is 12.4 Å². The van der Waals surface area contributed by atoms with Crippen LogP contribution < -0.4 is 4.74 Å². The molecule has 1 unspecified atom stereocenters. The smallest absolute Gasteiger partial charge is 0.311 e. The van der Waals surface area contributed by atoms with Crippen molar-refractivity contribution in [3.63, 3.8) is 0 Å². The quantitative estimate of drug-likeness (QED) is 0.166. The summed E-state index contributed by atoms with van der Waals surface area (Å²) in [6.07, 6.45) is -6.33. The van der Waals surface area contributed by atoms with Gasteiger partial charge < -0.3 is 33.0 Å². The van der Waals surface area contributed by atoms with Crippen molar-refractivity contribution in [2.24, 2.45) is 21.7 Å². The number of carbonyl (C=O) groups is 4. The molecule has 290 valence electrons. The zero-order valence-electron chi connectivity index (χ0n) is 36.2. The highest BCUT2D eigenvalue weighted by molar-refractivity contribution is 5.82. The molecule has 1 aliphatic heterocycles. The van der Waals surface area contributed by atoms with Gasteiger partial charge in [-0.1, -0.05) is 35.9 Å². The second-order valence-corrected chi connectivity index (χ2v) is 16.4. The van der Waals surface area contributed by atoms with Crippen molar-refractivity contribution in [2.45, 2.75) is 127 Å². The number of nitrogens with zero attached hydrogens (tertiary/aromatic N) is 2. The maximum Gasteiger partial charge on any atom is 0.311 e. The molecule has 12 heteroatoms. The Hall–Kier alpha value is -4.45. The van der Waals surface area contributed by atoms with Gasteiger partial charge >= 0.3 is 23.9 Å². The van der Waals surface area contributed by atoms with Crippen LogP contribution in [0.3, 0.4) is 0 Å². The van der Waals surface area contributed by atoms with E-state index in [0.29, 0.717) is 17.6 Å². The van der Waals surface area contributed by atoms with E-state index >= 15 is 0 Å². The van der Waals surface area contributed by atoms with Gasteiger partial charge in [0.25, 0.3) is 0 Å². The number of imidazole rings is 1. The fraction of sp³-hybridized carbons (Fsp3) is 0.585. The average molecular weight is 741 g/mol. The molecule has 1 aromatic heterocycles. The van der Waals surface area contributed by atoms with Gasteiger partial charge in [0.1, 0.15) is 18.2 Å². The molecule has 0 saturated carbocycles. The van der Waals surface area contributed by atoms with Crippen LogP contribution in [-0.2, 0) is 49.4 Å². The van der Waals surface area contributed by atoms with Gasteiger partial charge in [-0.15, -0.1) is 0 Å². The normalized spacial score (nSPS) is 22.1. The number of hydrogen-bond donors (Lipinski definition) is 0. The highest BCUT2D eigenvalue weighted by Gasteiger charge is 2.55. The molecule has 5 atom stereocenters. The molecule has 0 N–H and O–H groups in total. The molecule has 0 amide bonds. The molecule has 3 aromatic rings. The number of carbonyl (C=O) groups excluding carboxylic acids is 4. The summed E-state index contributed by atoms with van der Waals surface area (Å²) in [5.74, 6) is -3.22. The first kappa shape index (κ1) is 35.6. The zero-order valence-corrected chi connectivity index (χ0v) is 32.2. The number of fused-ring (bicyclic) bond motifs is 1. The molecule has 53 heavy (non-hydrogen) atoms. The summed E-state index contributed by atoms with van der Waals surface area (Å²) in [7, 11) is 0. The third kappa shape index (κ3) is 10.4. The Kier molecular flexibility index (Phi) is 10.4. The monoisotopic (exact) mass is 740 g/mol. The maximum atomic E-state index is 13.8. The van der Waals surface area contributed by atoms with Gasteiger partial charge in [0.15, 0.2) is 18.0 Å². The molecule has 12 nitrogen and oxygen atoms in total. The third-order valence-electron chi connectivity index (χ3n) is 8.24. The number of aryl methyl sites for hydroxylation is 1. The van der Waals surface area contributed by atoms with Gasteiger partial charge in [0.05, 0.1) is 33.5 Å². The van der Waals surface area contributed by atoms with E-state index in [1.165, 1.54) is 55.4 Å². The molecular weight excluding hydrogens is 680 g/mol. The Balaban J connectivity index is 1.88. The molecule has 1 aliphatic rings. The van der Waals surface area contributed by atoms with Crippen molar-refractivity contribution in [3.05, 3.63) is 59.9 Å². The lowest BCUT2D eigenvalue weighted by Gasteiger charge is -2.45. The molecule has 0 spiro atoms. The van der Waals surface area contributed by atoms with Gasteiger partial charge in [-0.05, 0) is 108 Å². The highest BCUT2D eigenvalue weighted by atomic mass is 16.7. The van der Waals surface area contributed by atoms with Gasteiger partial charge in [-0.2, -0.15) is 0 Å². The highest BCUT2D eigenvalue weighted by Crippen LogP contribution is 2.36. The second-order valence-electron chi connectivity index (χ2n) is 16.4. The number of para-hydroxylation sites is 1. The van der Waals surface area contributed by atoms with Crippen molar-refractivity contribution < 1.29 is 53.1 Å². The standard InChI is InChI=1S/C41H56N2O10/c1-24-17-19-25(20-18-24)21-43-23-42-29-26(43)15-14-16-27(29)49-33-32(53-37(47)41(11,12)13)31(52-36(46)40(8,9)10)30(51-35(45)39(5,6)7)28(50-33)22-48-34(44)38(2,3)4/h14-20,23,28,30-33H,21-22H2,1-13H3/t28-,30-,31+,32-,33?/m1/s1/i2D,5D,8D,11D. The molecule has 1 fully saturated rings. The number of hydrogen-bond acceptors (Lipinski definition) is 11. The van der Waals surface area contributed by atoms with Crippen LogP contribution in [0.1, 0.15) is 99.6 Å². The number of benzene rings is 2. The molecule has 2 heterocycles. The summed E-state index contributed by atoms with van der Waals surface area (Å²) in [5.41, 5.74) is -2.05. The third-order valence-corrected chi connectivity index (χ3v) is 8.24. The largest absolute Gasteiger partial charge is 0.462 e. The lowest BCUT2D eigenvalue weighted by Crippen LogP contribution is -2.64. The van der Waals surface area contributed by atoms with Crippen LogP contribution in [0.2, 0.25) is 0 Å². The molecule has 0 aliphatic carbocycles. The molecular formula is C41H56N2O10. The maximum absolute atomic E-state index is 13.8.